The van der Waals surface area contributed by atoms with Crippen molar-refractivity contribution in [3.63, 3.8) is 0 Å². The smallest absolute Gasteiger partial charge is 0.203 e. The van der Waals surface area contributed by atoms with Crippen LogP contribution in [-0.4, -0.2) is 39.4 Å². The highest BCUT2D eigenvalue weighted by atomic mass is 16.5. The molecule has 0 heterocycles. The van der Waals surface area contributed by atoms with Gasteiger partial charge in [0.1, 0.15) is 5.75 Å². The molecule has 0 saturated carbocycles. The van der Waals surface area contributed by atoms with Gasteiger partial charge in [-0.3, -0.25) is 0 Å². The molecule has 128 valence electrons. The molecule has 0 aliphatic carbocycles. The van der Waals surface area contributed by atoms with Crippen molar-refractivity contribution in [1.82, 2.24) is 0 Å². The van der Waals surface area contributed by atoms with Crippen LogP contribution in [0, 0.1) is 0 Å². The van der Waals surface area contributed by atoms with Gasteiger partial charge in [0, 0.05) is 12.0 Å². The summed E-state index contributed by atoms with van der Waals surface area (Å²) in [5.74, 6) is 2.22. The van der Waals surface area contributed by atoms with Crippen molar-refractivity contribution in [2.75, 3.05) is 28.4 Å². The predicted molar refractivity (Wildman–Crippen MR) is 91.1 cm³/mol. The van der Waals surface area contributed by atoms with Gasteiger partial charge < -0.3 is 24.2 Å². The van der Waals surface area contributed by atoms with Crippen LogP contribution in [0.25, 0.3) is 0 Å². The van der Waals surface area contributed by atoms with E-state index in [0.29, 0.717) is 34.9 Å². The van der Waals surface area contributed by atoms with Crippen LogP contribution < -0.4 is 18.9 Å². The van der Waals surface area contributed by atoms with Crippen LogP contribution in [0.1, 0.15) is 11.1 Å². The molecule has 0 radical (unpaired) electrons. The Labute approximate surface area is 141 Å². The quantitative estimate of drug-likeness (QED) is 0.479. The van der Waals surface area contributed by atoms with Crippen LogP contribution in [0.4, 0.5) is 0 Å². The highest BCUT2D eigenvalue weighted by Crippen LogP contribution is 2.40. The molecule has 2 aromatic carbocycles. The molecule has 0 aromatic heterocycles. The lowest BCUT2D eigenvalue weighted by Gasteiger charge is -2.16. The van der Waals surface area contributed by atoms with Gasteiger partial charge >= 0.3 is 0 Å². The maximum absolute atomic E-state index is 9.49. The van der Waals surface area contributed by atoms with Crippen LogP contribution in [0.3, 0.4) is 0 Å². The van der Waals surface area contributed by atoms with E-state index in [1.54, 1.807) is 26.4 Å². The molecule has 0 aliphatic heterocycles. The minimum Gasteiger partial charge on any atom is -0.497 e. The van der Waals surface area contributed by atoms with Crippen LogP contribution in [0.15, 0.2) is 41.6 Å². The number of oxime groups is 1. The first-order chi connectivity index (χ1) is 11.7. The molecule has 0 unspecified atom stereocenters. The second-order valence-corrected chi connectivity index (χ2v) is 4.95. The molecule has 1 N–H and O–H groups in total. The molecular formula is C18H21NO5. The normalized spacial score (nSPS) is 11.1. The molecule has 2 aromatic rings. The number of hydrogen-bond donors (Lipinski definition) is 1. The summed E-state index contributed by atoms with van der Waals surface area (Å²) >= 11 is 0. The van der Waals surface area contributed by atoms with Gasteiger partial charge in [0.2, 0.25) is 5.75 Å². The Morgan fingerprint density at radius 3 is 2.00 bits per heavy atom. The van der Waals surface area contributed by atoms with Gasteiger partial charge in [-0.15, -0.1) is 0 Å². The van der Waals surface area contributed by atoms with Gasteiger partial charge in [-0.05, 0) is 29.8 Å². The summed E-state index contributed by atoms with van der Waals surface area (Å²) in [6.07, 6.45) is 0.423. The van der Waals surface area contributed by atoms with E-state index in [0.717, 1.165) is 11.3 Å². The van der Waals surface area contributed by atoms with Gasteiger partial charge in [0.15, 0.2) is 11.5 Å². The molecule has 0 saturated heterocycles. The highest BCUT2D eigenvalue weighted by Gasteiger charge is 2.20. The lowest BCUT2D eigenvalue weighted by Crippen LogP contribution is -2.09. The molecule has 0 atom stereocenters. The maximum Gasteiger partial charge on any atom is 0.203 e. The predicted octanol–water partition coefficient (Wildman–Crippen LogP) is 3.14. The average Bonchev–Trinajstić information content (AvgIpc) is 2.65. The van der Waals surface area contributed by atoms with Crippen molar-refractivity contribution < 1.29 is 24.2 Å². The van der Waals surface area contributed by atoms with E-state index in [2.05, 4.69) is 5.16 Å². The van der Waals surface area contributed by atoms with Crippen LogP contribution in [-0.2, 0) is 6.42 Å². The molecular weight excluding hydrogens is 310 g/mol. The van der Waals surface area contributed by atoms with Gasteiger partial charge in [0.25, 0.3) is 0 Å². The van der Waals surface area contributed by atoms with Gasteiger partial charge in [-0.1, -0.05) is 17.3 Å². The third-order valence-electron chi connectivity index (χ3n) is 3.67. The van der Waals surface area contributed by atoms with E-state index in [-0.39, 0.29) is 0 Å². The lowest BCUT2D eigenvalue weighted by atomic mass is 10.0. The lowest BCUT2D eigenvalue weighted by molar-refractivity contribution is 0.315. The zero-order valence-corrected chi connectivity index (χ0v) is 14.2. The Morgan fingerprint density at radius 2 is 1.50 bits per heavy atom. The van der Waals surface area contributed by atoms with E-state index in [1.165, 1.54) is 14.2 Å². The van der Waals surface area contributed by atoms with Crippen molar-refractivity contribution in [3.8, 4) is 23.0 Å². The van der Waals surface area contributed by atoms with E-state index in [9.17, 15) is 5.21 Å². The van der Waals surface area contributed by atoms with Crippen LogP contribution in [0.2, 0.25) is 0 Å². The first-order valence-corrected chi connectivity index (χ1v) is 7.31. The van der Waals surface area contributed by atoms with Crippen molar-refractivity contribution in [2.24, 2.45) is 5.16 Å². The van der Waals surface area contributed by atoms with E-state index in [4.69, 9.17) is 18.9 Å². The Kier molecular flexibility index (Phi) is 5.89. The Morgan fingerprint density at radius 1 is 0.833 bits per heavy atom. The van der Waals surface area contributed by atoms with Gasteiger partial charge in [-0.25, -0.2) is 0 Å². The molecule has 2 rings (SSSR count). The van der Waals surface area contributed by atoms with Crippen LogP contribution in [0.5, 0.6) is 23.0 Å². The number of hydrogen-bond acceptors (Lipinski definition) is 6. The fourth-order valence-corrected chi connectivity index (χ4v) is 2.45. The van der Waals surface area contributed by atoms with E-state index >= 15 is 0 Å². The zero-order chi connectivity index (χ0) is 17.5. The molecule has 0 spiro atoms. The number of benzene rings is 2. The maximum atomic E-state index is 9.49. The third-order valence-corrected chi connectivity index (χ3v) is 3.67. The number of rotatable bonds is 7. The number of ether oxygens (including phenoxy) is 4. The molecule has 6 nitrogen and oxygen atoms in total. The standard InChI is InChI=1S/C18H21NO5/c1-21-13-7-5-12(6-8-13)11-15(19-20)14-9-10-16(22-2)18(24-4)17(14)23-3/h5-10,20H,11H2,1-4H3/b19-15+. The number of nitrogens with zero attached hydrogens (tertiary/aromatic N) is 1. The summed E-state index contributed by atoms with van der Waals surface area (Å²) in [4.78, 5) is 0. The van der Waals surface area contributed by atoms with Crippen molar-refractivity contribution in [2.45, 2.75) is 6.42 Å². The SMILES string of the molecule is COc1ccc(C/C(=N\O)c2ccc(OC)c(OC)c2OC)cc1. The summed E-state index contributed by atoms with van der Waals surface area (Å²) in [6.45, 7) is 0. The second-order valence-electron chi connectivity index (χ2n) is 4.95. The monoisotopic (exact) mass is 331 g/mol. The summed E-state index contributed by atoms with van der Waals surface area (Å²) in [5.41, 5.74) is 2.06. The van der Waals surface area contributed by atoms with Gasteiger partial charge in [0.05, 0.1) is 34.2 Å². The topological polar surface area (TPSA) is 69.5 Å². The molecule has 24 heavy (non-hydrogen) atoms. The van der Waals surface area contributed by atoms with Crippen molar-refractivity contribution in [3.05, 3.63) is 47.5 Å². The first-order valence-electron chi connectivity index (χ1n) is 7.31. The molecule has 0 amide bonds. The van der Waals surface area contributed by atoms with E-state index in [1.807, 2.05) is 24.3 Å². The largest absolute Gasteiger partial charge is 0.497 e. The second kappa shape index (κ2) is 8.10. The zero-order valence-electron chi connectivity index (χ0n) is 14.2. The molecule has 0 fully saturated rings. The Bertz CT molecular complexity index is 710. The Hall–Kier alpha value is -2.89. The third kappa shape index (κ3) is 3.53. The molecule has 0 aliphatic rings. The van der Waals surface area contributed by atoms with Crippen LogP contribution >= 0.6 is 0 Å². The summed E-state index contributed by atoms with van der Waals surface area (Å²) in [6, 6.07) is 11.1. The fourth-order valence-electron chi connectivity index (χ4n) is 2.45. The molecule has 6 heteroatoms. The fraction of sp³-hybridized carbons (Fsp3) is 0.278. The van der Waals surface area contributed by atoms with Crippen molar-refractivity contribution >= 4 is 5.71 Å². The minimum atomic E-state index is 0.423. The van der Waals surface area contributed by atoms with Gasteiger partial charge in [-0.2, -0.15) is 0 Å². The van der Waals surface area contributed by atoms with E-state index < -0.39 is 0 Å². The van der Waals surface area contributed by atoms with Crippen molar-refractivity contribution in [1.29, 1.82) is 0 Å². The summed E-state index contributed by atoms with van der Waals surface area (Å²) < 4.78 is 21.2. The Balaban J connectivity index is 2.39. The highest BCUT2D eigenvalue weighted by molar-refractivity contribution is 6.04. The minimum absolute atomic E-state index is 0.423. The average molecular weight is 331 g/mol. The summed E-state index contributed by atoms with van der Waals surface area (Å²) in [7, 11) is 6.23. The number of methoxy groups -OCH3 is 4. The molecule has 0 bridgehead atoms. The summed E-state index contributed by atoms with van der Waals surface area (Å²) in [5, 5.41) is 12.9. The first kappa shape index (κ1) is 17.5.